The van der Waals surface area contributed by atoms with Crippen molar-refractivity contribution in [2.24, 2.45) is 0 Å². The van der Waals surface area contributed by atoms with Gasteiger partial charge in [-0.3, -0.25) is 4.79 Å². The van der Waals surface area contributed by atoms with Crippen LogP contribution in [-0.2, 0) is 0 Å². The van der Waals surface area contributed by atoms with Crippen molar-refractivity contribution in [3.63, 3.8) is 0 Å². The quantitative estimate of drug-likeness (QED) is 0.390. The summed E-state index contributed by atoms with van der Waals surface area (Å²) in [4.78, 5) is 26.5. The normalized spacial score (nSPS) is 10.7. The highest BCUT2D eigenvalue weighted by Gasteiger charge is 2.17. The van der Waals surface area contributed by atoms with Crippen LogP contribution in [0.25, 0.3) is 16.7 Å². The van der Waals surface area contributed by atoms with E-state index in [1.807, 2.05) is 56.3 Å². The Morgan fingerprint density at radius 3 is 2.54 bits per heavy atom. The molecule has 9 heteroatoms. The van der Waals surface area contributed by atoms with Crippen molar-refractivity contribution in [2.75, 3.05) is 10.6 Å². The number of nitrogens with zero attached hydrogens (tertiary/aromatic N) is 6. The van der Waals surface area contributed by atoms with Crippen molar-refractivity contribution >= 4 is 34.3 Å². The fourth-order valence-electron chi connectivity index (χ4n) is 3.73. The summed E-state index contributed by atoms with van der Waals surface area (Å²) < 4.78 is 1.45. The van der Waals surface area contributed by atoms with Crippen molar-refractivity contribution in [1.29, 1.82) is 5.26 Å². The average molecular weight is 461 g/mol. The lowest BCUT2D eigenvalue weighted by Gasteiger charge is -2.11. The Labute approximate surface area is 201 Å². The molecule has 5 aromatic rings. The lowest BCUT2D eigenvalue weighted by Crippen LogP contribution is -2.16. The highest BCUT2D eigenvalue weighted by atomic mass is 16.1. The van der Waals surface area contributed by atoms with Gasteiger partial charge in [-0.2, -0.15) is 15.0 Å². The minimum atomic E-state index is -0.394. The number of amides is 1. The van der Waals surface area contributed by atoms with Crippen LogP contribution in [0.2, 0.25) is 0 Å². The van der Waals surface area contributed by atoms with E-state index in [2.05, 4.69) is 36.8 Å². The SMILES string of the molecule is Cc1cc(C)nc(Nc2cccc(C(=O)Nc3c(C#N)cnn3-c3ccc4ccccc4n3)c2)n1. The Bertz CT molecular complexity index is 1600. The van der Waals surface area contributed by atoms with Crippen molar-refractivity contribution in [2.45, 2.75) is 13.8 Å². The zero-order chi connectivity index (χ0) is 24.4. The molecule has 0 aliphatic carbocycles. The summed E-state index contributed by atoms with van der Waals surface area (Å²) in [6.45, 7) is 3.79. The summed E-state index contributed by atoms with van der Waals surface area (Å²) in [6.07, 6.45) is 1.40. The van der Waals surface area contributed by atoms with E-state index in [4.69, 9.17) is 0 Å². The molecule has 9 nitrogen and oxygen atoms in total. The third kappa shape index (κ3) is 4.54. The number of hydrogen-bond donors (Lipinski definition) is 2. The standard InChI is InChI=1S/C26H20N8O/c1-16-12-17(2)30-26(29-16)31-21-8-5-7-19(13-21)25(35)33-24-20(14-27)15-28-34(24)23-11-10-18-6-3-4-9-22(18)32-23/h3-13,15H,1-2H3,(H,33,35)(H,29,30,31). The maximum atomic E-state index is 13.1. The van der Waals surface area contributed by atoms with Gasteiger partial charge in [-0.1, -0.05) is 24.3 Å². The van der Waals surface area contributed by atoms with E-state index in [0.29, 0.717) is 23.0 Å². The first kappa shape index (κ1) is 21.7. The highest BCUT2D eigenvalue weighted by molar-refractivity contribution is 6.05. The number of hydrogen-bond acceptors (Lipinski definition) is 7. The lowest BCUT2D eigenvalue weighted by molar-refractivity contribution is 0.102. The molecule has 1 amide bonds. The molecule has 2 N–H and O–H groups in total. The van der Waals surface area contributed by atoms with Crippen LogP contribution in [0.1, 0.15) is 27.3 Å². The van der Waals surface area contributed by atoms with Gasteiger partial charge in [0.1, 0.15) is 11.6 Å². The van der Waals surface area contributed by atoms with Crippen LogP contribution in [-0.4, -0.2) is 30.6 Å². The molecule has 0 aliphatic rings. The van der Waals surface area contributed by atoms with Crippen LogP contribution in [0.15, 0.2) is 72.9 Å². The Morgan fingerprint density at radius 1 is 0.943 bits per heavy atom. The van der Waals surface area contributed by atoms with E-state index in [-0.39, 0.29) is 11.4 Å². The molecule has 0 unspecified atom stereocenters. The first-order chi connectivity index (χ1) is 17.0. The number of nitrogens with one attached hydrogen (secondary N) is 2. The highest BCUT2D eigenvalue weighted by Crippen LogP contribution is 2.23. The van der Waals surface area contributed by atoms with E-state index >= 15 is 0 Å². The second-order valence-corrected chi connectivity index (χ2v) is 7.93. The second kappa shape index (κ2) is 9.03. The minimum Gasteiger partial charge on any atom is -0.324 e. The summed E-state index contributed by atoms with van der Waals surface area (Å²) >= 11 is 0. The van der Waals surface area contributed by atoms with Crippen LogP contribution < -0.4 is 10.6 Å². The van der Waals surface area contributed by atoms with Crippen molar-refractivity contribution in [3.05, 3.63) is 95.4 Å². The summed E-state index contributed by atoms with van der Waals surface area (Å²) in [6, 6.07) is 22.3. The Balaban J connectivity index is 1.43. The largest absolute Gasteiger partial charge is 0.324 e. The molecule has 0 spiro atoms. The average Bonchev–Trinajstić information content (AvgIpc) is 3.25. The third-order valence-electron chi connectivity index (χ3n) is 5.29. The smallest absolute Gasteiger partial charge is 0.256 e. The van der Waals surface area contributed by atoms with E-state index in [1.165, 1.54) is 10.9 Å². The van der Waals surface area contributed by atoms with Gasteiger partial charge in [0, 0.05) is 28.0 Å². The molecular weight excluding hydrogens is 440 g/mol. The number of aromatic nitrogens is 5. The number of rotatable bonds is 5. The van der Waals surface area contributed by atoms with E-state index in [1.54, 1.807) is 24.3 Å². The fourth-order valence-corrected chi connectivity index (χ4v) is 3.73. The zero-order valence-corrected chi connectivity index (χ0v) is 19.0. The van der Waals surface area contributed by atoms with Crippen molar-refractivity contribution < 1.29 is 4.79 Å². The van der Waals surface area contributed by atoms with Crippen LogP contribution in [0.5, 0.6) is 0 Å². The van der Waals surface area contributed by atoms with Crippen molar-refractivity contribution in [3.8, 4) is 11.9 Å². The number of carbonyl (C=O) groups is 1. The monoisotopic (exact) mass is 460 g/mol. The molecule has 0 atom stereocenters. The number of pyridine rings is 1. The van der Waals surface area contributed by atoms with E-state index in [0.717, 1.165) is 22.3 Å². The number of para-hydroxylation sites is 1. The third-order valence-corrected chi connectivity index (χ3v) is 5.29. The number of benzene rings is 2. The van der Waals surface area contributed by atoms with Gasteiger partial charge in [-0.05, 0) is 56.3 Å². The molecular formula is C26H20N8O. The van der Waals surface area contributed by atoms with E-state index < -0.39 is 5.91 Å². The molecule has 35 heavy (non-hydrogen) atoms. The van der Waals surface area contributed by atoms with Crippen LogP contribution in [0.4, 0.5) is 17.5 Å². The Hall–Kier alpha value is -5.10. The number of anilines is 3. The van der Waals surface area contributed by atoms with Gasteiger partial charge in [-0.15, -0.1) is 0 Å². The molecule has 2 aromatic carbocycles. The number of nitriles is 1. The molecule has 0 bridgehead atoms. The fraction of sp³-hybridized carbons (Fsp3) is 0.0769. The zero-order valence-electron chi connectivity index (χ0n) is 19.0. The Morgan fingerprint density at radius 2 is 1.74 bits per heavy atom. The molecule has 0 aliphatic heterocycles. The molecule has 5 rings (SSSR count). The molecule has 3 heterocycles. The Kier molecular flexibility index (Phi) is 5.61. The van der Waals surface area contributed by atoms with Gasteiger partial charge in [-0.25, -0.2) is 15.0 Å². The van der Waals surface area contributed by atoms with Gasteiger partial charge in [0.25, 0.3) is 5.91 Å². The molecule has 0 fully saturated rings. The molecule has 0 radical (unpaired) electrons. The summed E-state index contributed by atoms with van der Waals surface area (Å²) in [5.41, 5.74) is 3.74. The first-order valence-corrected chi connectivity index (χ1v) is 10.9. The van der Waals surface area contributed by atoms with Crippen LogP contribution in [0.3, 0.4) is 0 Å². The topological polar surface area (TPSA) is 121 Å². The lowest BCUT2D eigenvalue weighted by atomic mass is 10.2. The molecule has 0 saturated carbocycles. The van der Waals surface area contributed by atoms with Crippen LogP contribution in [0, 0.1) is 25.2 Å². The minimum absolute atomic E-state index is 0.228. The predicted molar refractivity (Wildman–Crippen MR) is 133 cm³/mol. The number of aryl methyl sites for hydroxylation is 2. The second-order valence-electron chi connectivity index (χ2n) is 7.93. The summed E-state index contributed by atoms with van der Waals surface area (Å²) in [7, 11) is 0. The molecule has 0 saturated heterocycles. The van der Waals surface area contributed by atoms with Gasteiger partial charge in [0.05, 0.1) is 11.7 Å². The molecule has 3 aromatic heterocycles. The van der Waals surface area contributed by atoms with Gasteiger partial charge in [0.15, 0.2) is 11.6 Å². The van der Waals surface area contributed by atoms with Crippen molar-refractivity contribution in [1.82, 2.24) is 24.7 Å². The summed E-state index contributed by atoms with van der Waals surface area (Å²) in [5.74, 6) is 0.792. The maximum Gasteiger partial charge on any atom is 0.256 e. The van der Waals surface area contributed by atoms with Crippen LogP contribution >= 0.6 is 0 Å². The van der Waals surface area contributed by atoms with E-state index in [9.17, 15) is 10.1 Å². The number of carbonyl (C=O) groups excluding carboxylic acids is 1. The first-order valence-electron chi connectivity index (χ1n) is 10.9. The van der Waals surface area contributed by atoms with Gasteiger partial charge in [0.2, 0.25) is 5.95 Å². The maximum absolute atomic E-state index is 13.1. The number of fused-ring (bicyclic) bond motifs is 1. The van der Waals surface area contributed by atoms with Gasteiger partial charge < -0.3 is 10.6 Å². The van der Waals surface area contributed by atoms with Gasteiger partial charge >= 0.3 is 0 Å². The molecule has 170 valence electrons. The predicted octanol–water partition coefficient (Wildman–Crippen LogP) is 4.69. The summed E-state index contributed by atoms with van der Waals surface area (Å²) in [5, 5.41) is 20.8.